The van der Waals surface area contributed by atoms with Gasteiger partial charge in [0.2, 0.25) is 0 Å². The molecule has 1 atom stereocenters. The van der Waals surface area contributed by atoms with Gasteiger partial charge in [0.15, 0.2) is 0 Å². The molecule has 1 unspecified atom stereocenters. The van der Waals surface area contributed by atoms with Gasteiger partial charge in [0.1, 0.15) is 0 Å². The third-order valence-electron chi connectivity index (χ3n) is 5.05. The number of rotatable bonds is 5. The average molecular weight is 222 g/mol. The molecule has 2 heteroatoms. The molecule has 1 saturated heterocycles. The van der Waals surface area contributed by atoms with Gasteiger partial charge >= 0.3 is 0 Å². The summed E-state index contributed by atoms with van der Waals surface area (Å²) in [6, 6.07) is 0. The van der Waals surface area contributed by atoms with Crippen LogP contribution in [0.25, 0.3) is 0 Å². The molecule has 0 spiro atoms. The number of hydrogen-bond acceptors (Lipinski definition) is 2. The Morgan fingerprint density at radius 2 is 2.00 bits per heavy atom. The van der Waals surface area contributed by atoms with Gasteiger partial charge in [0.25, 0.3) is 0 Å². The van der Waals surface area contributed by atoms with Crippen LogP contribution in [0, 0.1) is 16.7 Å². The van der Waals surface area contributed by atoms with Crippen molar-refractivity contribution in [2.45, 2.75) is 45.4 Å². The predicted octanol–water partition coefficient (Wildman–Crippen LogP) is 2.16. The molecule has 2 nitrogen and oxygen atoms in total. The predicted molar refractivity (Wildman–Crippen MR) is 67.5 cm³/mol. The van der Waals surface area contributed by atoms with E-state index in [1.807, 2.05) is 0 Å². The summed E-state index contributed by atoms with van der Waals surface area (Å²) in [4.78, 5) is 0. The van der Waals surface area contributed by atoms with Crippen molar-refractivity contribution in [3.8, 4) is 0 Å². The summed E-state index contributed by atoms with van der Waals surface area (Å²) in [5.41, 5.74) is 1.27. The van der Waals surface area contributed by atoms with E-state index in [1.54, 1.807) is 0 Å². The minimum Gasteiger partial charge on any atom is -0.316 e. The molecule has 0 bridgehead atoms. The SMILES string of the molecule is CC1(CNCC2(C3CC3)CC2)CCCNC1. The minimum absolute atomic E-state index is 0.512. The van der Waals surface area contributed by atoms with Crippen molar-refractivity contribution in [1.82, 2.24) is 10.6 Å². The van der Waals surface area contributed by atoms with Crippen LogP contribution >= 0.6 is 0 Å². The lowest BCUT2D eigenvalue weighted by atomic mass is 9.82. The molecule has 2 N–H and O–H groups in total. The minimum atomic E-state index is 0.512. The Morgan fingerprint density at radius 1 is 1.19 bits per heavy atom. The molecule has 3 rings (SSSR count). The highest BCUT2D eigenvalue weighted by Gasteiger charge is 2.53. The Morgan fingerprint density at radius 3 is 2.56 bits per heavy atom. The van der Waals surface area contributed by atoms with E-state index in [9.17, 15) is 0 Å². The molecular formula is C14H26N2. The fraction of sp³-hybridized carbons (Fsp3) is 1.00. The monoisotopic (exact) mass is 222 g/mol. The molecular weight excluding hydrogens is 196 g/mol. The van der Waals surface area contributed by atoms with Crippen LogP contribution in [0.1, 0.15) is 45.4 Å². The van der Waals surface area contributed by atoms with Crippen LogP contribution in [0.2, 0.25) is 0 Å². The van der Waals surface area contributed by atoms with Crippen molar-refractivity contribution in [2.24, 2.45) is 16.7 Å². The summed E-state index contributed by atoms with van der Waals surface area (Å²) in [5, 5.41) is 7.31. The zero-order chi connectivity index (χ0) is 11.1. The maximum Gasteiger partial charge on any atom is 0.00176 e. The zero-order valence-corrected chi connectivity index (χ0v) is 10.6. The van der Waals surface area contributed by atoms with Crippen molar-refractivity contribution in [2.75, 3.05) is 26.2 Å². The molecule has 2 saturated carbocycles. The summed E-state index contributed by atoms with van der Waals surface area (Å²) >= 11 is 0. The summed E-state index contributed by atoms with van der Waals surface area (Å²) in [7, 11) is 0. The Bertz CT molecular complexity index is 247. The molecule has 3 aliphatic rings. The fourth-order valence-electron chi connectivity index (χ4n) is 3.47. The van der Waals surface area contributed by atoms with Gasteiger partial charge in [0.05, 0.1) is 0 Å². The highest BCUT2D eigenvalue weighted by molar-refractivity contribution is 5.05. The third-order valence-corrected chi connectivity index (χ3v) is 5.05. The first-order chi connectivity index (χ1) is 7.73. The Kier molecular flexibility index (Phi) is 2.75. The van der Waals surface area contributed by atoms with E-state index < -0.39 is 0 Å². The highest BCUT2D eigenvalue weighted by Crippen LogP contribution is 2.60. The van der Waals surface area contributed by atoms with Crippen LogP contribution < -0.4 is 10.6 Å². The zero-order valence-electron chi connectivity index (χ0n) is 10.6. The molecule has 0 radical (unpaired) electrons. The fourth-order valence-corrected chi connectivity index (χ4v) is 3.47. The van der Waals surface area contributed by atoms with E-state index in [0.29, 0.717) is 5.41 Å². The normalized spacial score (nSPS) is 37.3. The van der Waals surface area contributed by atoms with Crippen LogP contribution in [0.3, 0.4) is 0 Å². The lowest BCUT2D eigenvalue weighted by Crippen LogP contribution is -2.45. The van der Waals surface area contributed by atoms with Crippen molar-refractivity contribution in [3.05, 3.63) is 0 Å². The van der Waals surface area contributed by atoms with Gasteiger partial charge in [-0.05, 0) is 61.8 Å². The second-order valence-electron chi connectivity index (χ2n) is 6.83. The second kappa shape index (κ2) is 3.99. The van der Waals surface area contributed by atoms with E-state index in [0.717, 1.165) is 11.3 Å². The summed E-state index contributed by atoms with van der Waals surface area (Å²) in [5.74, 6) is 1.09. The van der Waals surface area contributed by atoms with Crippen molar-refractivity contribution in [3.63, 3.8) is 0 Å². The van der Waals surface area contributed by atoms with E-state index in [1.165, 1.54) is 64.7 Å². The first kappa shape index (κ1) is 11.0. The van der Waals surface area contributed by atoms with Gasteiger partial charge in [-0.15, -0.1) is 0 Å². The Hall–Kier alpha value is -0.0800. The van der Waals surface area contributed by atoms with Gasteiger partial charge in [-0.25, -0.2) is 0 Å². The van der Waals surface area contributed by atoms with Crippen molar-refractivity contribution >= 4 is 0 Å². The van der Waals surface area contributed by atoms with Gasteiger partial charge in [-0.3, -0.25) is 0 Å². The smallest absolute Gasteiger partial charge is 0.00176 e. The molecule has 3 fully saturated rings. The summed E-state index contributed by atoms with van der Waals surface area (Å²) < 4.78 is 0. The van der Waals surface area contributed by atoms with E-state index in [2.05, 4.69) is 17.6 Å². The van der Waals surface area contributed by atoms with E-state index in [4.69, 9.17) is 0 Å². The average Bonchev–Trinajstić information content (AvgIpc) is 3.13. The van der Waals surface area contributed by atoms with Crippen LogP contribution in [-0.4, -0.2) is 26.2 Å². The van der Waals surface area contributed by atoms with Crippen molar-refractivity contribution in [1.29, 1.82) is 0 Å². The van der Waals surface area contributed by atoms with Crippen LogP contribution in [0.5, 0.6) is 0 Å². The van der Waals surface area contributed by atoms with Gasteiger partial charge in [-0.1, -0.05) is 6.92 Å². The Balaban J connectivity index is 1.42. The quantitative estimate of drug-likeness (QED) is 0.745. The van der Waals surface area contributed by atoms with Gasteiger partial charge < -0.3 is 10.6 Å². The van der Waals surface area contributed by atoms with Crippen LogP contribution in [0.15, 0.2) is 0 Å². The molecule has 0 aromatic heterocycles. The summed E-state index contributed by atoms with van der Waals surface area (Å²) in [6.45, 7) is 7.38. The van der Waals surface area contributed by atoms with Crippen LogP contribution in [0.4, 0.5) is 0 Å². The molecule has 0 aromatic rings. The standard InChI is InChI=1S/C14H26N2/c1-13(5-2-8-15-9-13)10-16-11-14(6-7-14)12-3-4-12/h12,15-16H,2-11H2,1H3. The summed E-state index contributed by atoms with van der Waals surface area (Å²) in [6.07, 6.45) is 8.77. The first-order valence-electron chi connectivity index (χ1n) is 7.14. The molecule has 16 heavy (non-hydrogen) atoms. The van der Waals surface area contributed by atoms with Crippen molar-refractivity contribution < 1.29 is 0 Å². The maximum atomic E-state index is 3.78. The number of nitrogens with one attached hydrogen (secondary N) is 2. The molecule has 1 heterocycles. The van der Waals surface area contributed by atoms with E-state index in [-0.39, 0.29) is 0 Å². The van der Waals surface area contributed by atoms with Gasteiger partial charge in [0, 0.05) is 19.6 Å². The highest BCUT2D eigenvalue weighted by atomic mass is 15.0. The molecule has 0 amide bonds. The topological polar surface area (TPSA) is 24.1 Å². The van der Waals surface area contributed by atoms with E-state index >= 15 is 0 Å². The number of hydrogen-bond donors (Lipinski definition) is 2. The number of piperidine rings is 1. The molecule has 0 aromatic carbocycles. The lowest BCUT2D eigenvalue weighted by molar-refractivity contribution is 0.219. The third kappa shape index (κ3) is 2.28. The molecule has 1 aliphatic heterocycles. The van der Waals surface area contributed by atoms with Crippen LogP contribution in [-0.2, 0) is 0 Å². The lowest BCUT2D eigenvalue weighted by Gasteiger charge is -2.35. The first-order valence-corrected chi connectivity index (χ1v) is 7.14. The molecule has 92 valence electrons. The molecule has 2 aliphatic carbocycles. The maximum absolute atomic E-state index is 3.78. The second-order valence-corrected chi connectivity index (χ2v) is 6.83. The largest absolute Gasteiger partial charge is 0.316 e. The Labute approximate surface area is 99.6 Å². The van der Waals surface area contributed by atoms with Gasteiger partial charge in [-0.2, -0.15) is 0 Å².